The van der Waals surface area contributed by atoms with Gasteiger partial charge in [0.1, 0.15) is 0 Å². The van der Waals surface area contributed by atoms with E-state index < -0.39 is 0 Å². The normalized spacial score (nSPS) is 13.3. The second-order valence-electron chi connectivity index (χ2n) is 6.98. The summed E-state index contributed by atoms with van der Waals surface area (Å²) in [5.41, 5.74) is 0.673. The number of hydrogen-bond acceptors (Lipinski definition) is 1. The van der Waals surface area contributed by atoms with Crippen LogP contribution < -0.4 is 0 Å². The molecule has 0 heterocycles. The molecule has 0 fully saturated rings. The van der Waals surface area contributed by atoms with Gasteiger partial charge in [0.25, 0.3) is 0 Å². The Hall–Kier alpha value is -0.0400. The van der Waals surface area contributed by atoms with E-state index >= 15 is 0 Å². The highest BCUT2D eigenvalue weighted by molar-refractivity contribution is 4.92. The summed E-state index contributed by atoms with van der Waals surface area (Å²) in [5, 5.41) is 0. The van der Waals surface area contributed by atoms with Crippen LogP contribution in [0.5, 0.6) is 0 Å². The van der Waals surface area contributed by atoms with Crippen LogP contribution in [-0.2, 0) is 0 Å². The maximum atomic E-state index is 2.77. The molecule has 110 valence electrons. The Kier molecular flexibility index (Phi) is 8.18. The molecule has 0 spiro atoms. The third kappa shape index (κ3) is 5.73. The predicted octanol–water partition coefficient (Wildman–Crippen LogP) is 5.64. The summed E-state index contributed by atoms with van der Waals surface area (Å²) in [4.78, 5) is 2.77. The number of rotatable bonds is 10. The summed E-state index contributed by atoms with van der Waals surface area (Å²) in [6.07, 6.45) is 9.19. The van der Waals surface area contributed by atoms with Crippen molar-refractivity contribution in [2.24, 2.45) is 0 Å². The lowest BCUT2D eigenvalue weighted by atomic mass is 9.86. The Bertz CT molecular complexity index is 186. The molecule has 0 saturated carbocycles. The predicted molar refractivity (Wildman–Crippen MR) is 84.2 cm³/mol. The van der Waals surface area contributed by atoms with Gasteiger partial charge in [-0.25, -0.2) is 0 Å². The number of nitrogens with zero attached hydrogens (tertiary/aromatic N) is 1. The van der Waals surface area contributed by atoms with Crippen molar-refractivity contribution in [2.45, 2.75) is 104 Å². The van der Waals surface area contributed by atoms with E-state index in [9.17, 15) is 0 Å². The molecule has 0 aromatic rings. The van der Waals surface area contributed by atoms with Crippen LogP contribution in [0.4, 0.5) is 0 Å². The van der Waals surface area contributed by atoms with Gasteiger partial charge in [0.15, 0.2) is 0 Å². The maximum Gasteiger partial charge on any atom is 0.0158 e. The fraction of sp³-hybridized carbons (Fsp3) is 1.00. The molecular formula is C17H37N. The second-order valence-corrected chi connectivity index (χ2v) is 6.98. The number of hydrogen-bond donors (Lipinski definition) is 0. The molecule has 0 aliphatic rings. The first-order chi connectivity index (χ1) is 8.31. The Morgan fingerprint density at radius 3 is 1.33 bits per heavy atom. The largest absolute Gasteiger partial charge is 0.293 e. The summed E-state index contributed by atoms with van der Waals surface area (Å²) in [6.45, 7) is 17.9. The van der Waals surface area contributed by atoms with Crippen LogP contribution in [0.3, 0.4) is 0 Å². The molecule has 1 heteroatoms. The maximum absolute atomic E-state index is 2.77. The van der Waals surface area contributed by atoms with Gasteiger partial charge in [-0.15, -0.1) is 0 Å². The van der Waals surface area contributed by atoms with Gasteiger partial charge in [-0.05, 0) is 53.5 Å². The molecule has 0 rings (SSSR count). The van der Waals surface area contributed by atoms with Crippen molar-refractivity contribution < 1.29 is 0 Å². The molecule has 0 aromatic carbocycles. The summed E-state index contributed by atoms with van der Waals surface area (Å²) in [7, 11) is 0. The van der Waals surface area contributed by atoms with Crippen molar-refractivity contribution in [1.29, 1.82) is 0 Å². The van der Waals surface area contributed by atoms with Gasteiger partial charge in [-0.1, -0.05) is 46.5 Å². The van der Waals surface area contributed by atoms with E-state index in [2.05, 4.69) is 53.4 Å². The molecule has 0 unspecified atom stereocenters. The Labute approximate surface area is 116 Å². The van der Waals surface area contributed by atoms with Gasteiger partial charge in [0, 0.05) is 11.1 Å². The molecule has 0 saturated heterocycles. The van der Waals surface area contributed by atoms with E-state index in [4.69, 9.17) is 0 Å². The molecule has 0 bridgehead atoms. The standard InChI is InChI=1S/C17H37N/c1-8-11-13-16(4,5)18(15-10-3)17(6,7)14-12-9-2/h8-15H2,1-7H3. The van der Waals surface area contributed by atoms with E-state index in [1.165, 1.54) is 51.5 Å². The highest BCUT2D eigenvalue weighted by atomic mass is 15.2. The number of unbranched alkanes of at least 4 members (excludes halogenated alkanes) is 2. The van der Waals surface area contributed by atoms with Gasteiger partial charge in [0.2, 0.25) is 0 Å². The van der Waals surface area contributed by atoms with E-state index in [-0.39, 0.29) is 0 Å². The van der Waals surface area contributed by atoms with Crippen molar-refractivity contribution in [3.05, 3.63) is 0 Å². The van der Waals surface area contributed by atoms with Crippen LogP contribution >= 0.6 is 0 Å². The van der Waals surface area contributed by atoms with Gasteiger partial charge < -0.3 is 0 Å². The van der Waals surface area contributed by atoms with Crippen molar-refractivity contribution in [3.8, 4) is 0 Å². The zero-order valence-electron chi connectivity index (χ0n) is 14.1. The zero-order valence-corrected chi connectivity index (χ0v) is 14.1. The molecule has 1 nitrogen and oxygen atoms in total. The summed E-state index contributed by atoms with van der Waals surface area (Å²) < 4.78 is 0. The van der Waals surface area contributed by atoms with Crippen LogP contribution in [0.15, 0.2) is 0 Å². The van der Waals surface area contributed by atoms with Crippen LogP contribution in [0.2, 0.25) is 0 Å². The van der Waals surface area contributed by atoms with Crippen LogP contribution in [0, 0.1) is 0 Å². The Morgan fingerprint density at radius 1 is 0.667 bits per heavy atom. The monoisotopic (exact) mass is 255 g/mol. The third-order valence-corrected chi connectivity index (χ3v) is 4.19. The lowest BCUT2D eigenvalue weighted by molar-refractivity contribution is 0.00360. The molecule has 0 N–H and O–H groups in total. The van der Waals surface area contributed by atoms with Crippen molar-refractivity contribution in [3.63, 3.8) is 0 Å². The minimum absolute atomic E-state index is 0.337. The fourth-order valence-electron chi connectivity index (χ4n) is 3.14. The first-order valence-corrected chi connectivity index (χ1v) is 8.09. The molecular weight excluding hydrogens is 218 g/mol. The fourth-order valence-corrected chi connectivity index (χ4v) is 3.14. The molecule has 0 atom stereocenters. The van der Waals surface area contributed by atoms with Gasteiger partial charge in [-0.3, -0.25) is 4.90 Å². The van der Waals surface area contributed by atoms with Crippen molar-refractivity contribution in [2.75, 3.05) is 6.54 Å². The van der Waals surface area contributed by atoms with E-state index in [1.807, 2.05) is 0 Å². The average Bonchev–Trinajstić information content (AvgIpc) is 2.30. The van der Waals surface area contributed by atoms with E-state index in [0.717, 1.165) is 0 Å². The molecule has 0 amide bonds. The lowest BCUT2D eigenvalue weighted by Crippen LogP contribution is -2.55. The highest BCUT2D eigenvalue weighted by Gasteiger charge is 2.35. The van der Waals surface area contributed by atoms with Crippen molar-refractivity contribution >= 4 is 0 Å². The first kappa shape index (κ1) is 18.0. The van der Waals surface area contributed by atoms with E-state index in [0.29, 0.717) is 11.1 Å². The zero-order chi connectivity index (χ0) is 14.2. The lowest BCUT2D eigenvalue weighted by Gasteiger charge is -2.49. The summed E-state index contributed by atoms with van der Waals surface area (Å²) in [6, 6.07) is 0. The minimum Gasteiger partial charge on any atom is -0.293 e. The minimum atomic E-state index is 0.337. The highest BCUT2D eigenvalue weighted by Crippen LogP contribution is 2.32. The van der Waals surface area contributed by atoms with Crippen molar-refractivity contribution in [1.82, 2.24) is 4.90 Å². The SMILES string of the molecule is CCCCC(C)(C)N(CCC)C(C)(C)CCCC. The quantitative estimate of drug-likeness (QED) is 0.488. The second kappa shape index (κ2) is 8.19. The van der Waals surface area contributed by atoms with Gasteiger partial charge in [0.05, 0.1) is 0 Å². The van der Waals surface area contributed by atoms with Crippen LogP contribution in [-0.4, -0.2) is 22.5 Å². The average molecular weight is 255 g/mol. The molecule has 0 aliphatic heterocycles. The Balaban J connectivity index is 4.79. The third-order valence-electron chi connectivity index (χ3n) is 4.19. The molecule has 0 aromatic heterocycles. The first-order valence-electron chi connectivity index (χ1n) is 8.09. The molecule has 0 aliphatic carbocycles. The smallest absolute Gasteiger partial charge is 0.0158 e. The summed E-state index contributed by atoms with van der Waals surface area (Å²) >= 11 is 0. The van der Waals surface area contributed by atoms with Gasteiger partial charge in [-0.2, -0.15) is 0 Å². The Morgan fingerprint density at radius 2 is 1.06 bits per heavy atom. The van der Waals surface area contributed by atoms with Crippen LogP contribution in [0.1, 0.15) is 93.4 Å². The van der Waals surface area contributed by atoms with E-state index in [1.54, 1.807) is 0 Å². The summed E-state index contributed by atoms with van der Waals surface area (Å²) in [5.74, 6) is 0. The molecule has 18 heavy (non-hydrogen) atoms. The van der Waals surface area contributed by atoms with Gasteiger partial charge >= 0.3 is 0 Å². The topological polar surface area (TPSA) is 3.24 Å². The molecule has 0 radical (unpaired) electrons. The van der Waals surface area contributed by atoms with Crippen LogP contribution in [0.25, 0.3) is 0 Å².